The van der Waals surface area contributed by atoms with E-state index < -0.39 is 38.4 Å². The average Bonchev–Trinajstić information content (AvgIpc) is 2.24. The highest BCUT2D eigenvalue weighted by atomic mass is 32.2. The zero-order valence-electron chi connectivity index (χ0n) is 9.88. The fourth-order valence-electron chi connectivity index (χ4n) is 1.21. The van der Waals surface area contributed by atoms with Crippen LogP contribution >= 0.6 is 0 Å². The molecule has 0 aliphatic carbocycles. The Bertz CT molecular complexity index is 609. The first-order valence-electron chi connectivity index (χ1n) is 4.86. The fourth-order valence-corrected chi connectivity index (χ4v) is 2.55. The minimum atomic E-state index is -4.97. The molecule has 0 N–H and O–H groups in total. The molecule has 1 aromatic carbocycles. The van der Waals surface area contributed by atoms with E-state index >= 15 is 0 Å². The van der Waals surface area contributed by atoms with E-state index in [0.717, 1.165) is 19.9 Å². The van der Waals surface area contributed by atoms with Crippen molar-refractivity contribution < 1.29 is 31.6 Å². The van der Waals surface area contributed by atoms with Gasteiger partial charge in [-0.25, -0.2) is 13.6 Å². The molecule has 0 saturated carbocycles. The van der Waals surface area contributed by atoms with Crippen molar-refractivity contribution in [3.05, 3.63) is 29.8 Å². The quantitative estimate of drug-likeness (QED) is 0.759. The lowest BCUT2D eigenvalue weighted by Crippen LogP contribution is -2.37. The Balaban J connectivity index is 3.44. The van der Waals surface area contributed by atoms with Gasteiger partial charge in [-0.3, -0.25) is 4.79 Å². The molecule has 104 valence electrons. The van der Waals surface area contributed by atoms with Crippen molar-refractivity contribution in [2.24, 2.45) is 0 Å². The number of hydrogen-bond acceptors (Lipinski definition) is 5. The number of nitrogens with zero attached hydrogens (tertiary/aromatic N) is 1. The van der Waals surface area contributed by atoms with E-state index in [2.05, 4.69) is 4.84 Å². The summed E-state index contributed by atoms with van der Waals surface area (Å²) in [5.74, 6) is -5.16. The summed E-state index contributed by atoms with van der Waals surface area (Å²) in [7, 11) is -4.97. The zero-order chi connectivity index (χ0) is 14.8. The molecule has 0 aliphatic rings. The Hall–Kier alpha value is -2.03. The molecule has 0 fully saturated rings. The van der Waals surface area contributed by atoms with Crippen LogP contribution in [-0.2, 0) is 24.4 Å². The Morgan fingerprint density at radius 3 is 2.00 bits per heavy atom. The van der Waals surface area contributed by atoms with E-state index in [0.29, 0.717) is 12.1 Å². The monoisotopic (exact) mass is 293 g/mol. The van der Waals surface area contributed by atoms with Crippen LogP contribution in [0.15, 0.2) is 23.1 Å². The van der Waals surface area contributed by atoms with E-state index in [-0.39, 0.29) is 4.47 Å². The number of benzene rings is 1. The maximum Gasteiger partial charge on any atom is 0.330 e. The van der Waals surface area contributed by atoms with Crippen molar-refractivity contribution in [2.75, 3.05) is 0 Å². The smallest absolute Gasteiger partial charge is 0.323 e. The minimum absolute atomic E-state index is 0.364. The standard InChI is InChI=1S/C10H9F2NO5S/c1-6(14)13(18-7(2)15)19(16,17)10-8(11)4-3-5-9(10)12/h3-5H,1-2H3. The first-order valence-corrected chi connectivity index (χ1v) is 6.30. The van der Waals surface area contributed by atoms with Crippen LogP contribution in [0.1, 0.15) is 13.8 Å². The van der Waals surface area contributed by atoms with Crippen LogP contribution in [0.3, 0.4) is 0 Å². The number of carbonyl (C=O) groups excluding carboxylic acids is 2. The molecule has 0 radical (unpaired) electrons. The normalized spacial score (nSPS) is 10.9. The van der Waals surface area contributed by atoms with Crippen LogP contribution in [0, 0.1) is 11.6 Å². The van der Waals surface area contributed by atoms with E-state index in [1.807, 2.05) is 0 Å². The molecular weight excluding hydrogens is 284 g/mol. The van der Waals surface area contributed by atoms with E-state index in [1.165, 1.54) is 0 Å². The van der Waals surface area contributed by atoms with Gasteiger partial charge in [0, 0.05) is 13.8 Å². The van der Waals surface area contributed by atoms with Crippen molar-refractivity contribution in [2.45, 2.75) is 18.7 Å². The van der Waals surface area contributed by atoms with Gasteiger partial charge in [0.25, 0.3) is 5.91 Å². The van der Waals surface area contributed by atoms with Gasteiger partial charge < -0.3 is 4.84 Å². The molecule has 19 heavy (non-hydrogen) atoms. The van der Waals surface area contributed by atoms with Crippen molar-refractivity contribution in [1.29, 1.82) is 0 Å². The van der Waals surface area contributed by atoms with Crippen molar-refractivity contribution >= 4 is 21.9 Å². The minimum Gasteiger partial charge on any atom is -0.323 e. The maximum absolute atomic E-state index is 13.4. The predicted octanol–water partition coefficient (Wildman–Crippen LogP) is 0.980. The molecule has 0 unspecified atom stereocenters. The van der Waals surface area contributed by atoms with Gasteiger partial charge >= 0.3 is 16.0 Å². The van der Waals surface area contributed by atoms with Gasteiger partial charge in [0.05, 0.1) is 0 Å². The summed E-state index contributed by atoms with van der Waals surface area (Å²) in [5.41, 5.74) is 0. The molecule has 0 bridgehead atoms. The Morgan fingerprint density at radius 2 is 1.63 bits per heavy atom. The Kier molecular flexibility index (Phi) is 4.20. The lowest BCUT2D eigenvalue weighted by Gasteiger charge is -2.18. The number of amides is 1. The van der Waals surface area contributed by atoms with Gasteiger partial charge in [0.2, 0.25) is 0 Å². The SMILES string of the molecule is CC(=O)ON(C(C)=O)S(=O)(=O)c1c(F)cccc1F. The van der Waals surface area contributed by atoms with Crippen molar-refractivity contribution in [3.63, 3.8) is 0 Å². The first-order chi connectivity index (χ1) is 8.67. The first kappa shape index (κ1) is 15.0. The summed E-state index contributed by atoms with van der Waals surface area (Å²) in [5, 5.41) is 0. The van der Waals surface area contributed by atoms with Gasteiger partial charge in [0.15, 0.2) is 4.90 Å². The van der Waals surface area contributed by atoms with Gasteiger partial charge in [-0.2, -0.15) is 8.42 Å². The van der Waals surface area contributed by atoms with Gasteiger partial charge in [-0.15, -0.1) is 0 Å². The topological polar surface area (TPSA) is 80.8 Å². The lowest BCUT2D eigenvalue weighted by molar-refractivity contribution is -0.175. The van der Waals surface area contributed by atoms with E-state index in [1.54, 1.807) is 0 Å². The summed E-state index contributed by atoms with van der Waals surface area (Å²) >= 11 is 0. The molecule has 0 atom stereocenters. The molecular formula is C10H9F2NO5S. The van der Waals surface area contributed by atoms with Crippen LogP contribution in [0.5, 0.6) is 0 Å². The third-order valence-corrected chi connectivity index (χ3v) is 3.54. The largest absolute Gasteiger partial charge is 0.330 e. The highest BCUT2D eigenvalue weighted by Gasteiger charge is 2.35. The van der Waals surface area contributed by atoms with Crippen LogP contribution in [0.2, 0.25) is 0 Å². The number of carbonyl (C=O) groups is 2. The highest BCUT2D eigenvalue weighted by Crippen LogP contribution is 2.23. The van der Waals surface area contributed by atoms with Gasteiger partial charge in [-0.05, 0) is 12.1 Å². The molecule has 0 aliphatic heterocycles. The van der Waals surface area contributed by atoms with Crippen molar-refractivity contribution in [3.8, 4) is 0 Å². The van der Waals surface area contributed by atoms with Gasteiger partial charge in [-0.1, -0.05) is 10.5 Å². The molecule has 0 heterocycles. The third-order valence-electron chi connectivity index (χ3n) is 1.86. The summed E-state index contributed by atoms with van der Waals surface area (Å²) in [4.78, 5) is 24.7. The molecule has 1 rings (SSSR count). The second-order valence-electron chi connectivity index (χ2n) is 3.38. The zero-order valence-corrected chi connectivity index (χ0v) is 10.7. The molecule has 9 heteroatoms. The summed E-state index contributed by atoms with van der Waals surface area (Å²) < 4.78 is 50.3. The second kappa shape index (κ2) is 5.31. The summed E-state index contributed by atoms with van der Waals surface area (Å²) in [6.45, 7) is 1.60. The van der Waals surface area contributed by atoms with Crippen LogP contribution in [-0.4, -0.2) is 24.8 Å². The summed E-state index contributed by atoms with van der Waals surface area (Å²) in [6, 6.07) is 2.34. The molecule has 6 nitrogen and oxygen atoms in total. The predicted molar refractivity (Wildman–Crippen MR) is 57.8 cm³/mol. The molecule has 1 aromatic rings. The average molecular weight is 293 g/mol. The van der Waals surface area contributed by atoms with Crippen LogP contribution in [0.25, 0.3) is 0 Å². The number of rotatable bonds is 2. The number of sulfonamides is 1. The Labute approximate surface area is 107 Å². The van der Waals surface area contributed by atoms with Crippen LogP contribution in [0.4, 0.5) is 8.78 Å². The summed E-state index contributed by atoms with van der Waals surface area (Å²) in [6.07, 6.45) is 0. The number of hydroxylamine groups is 1. The van der Waals surface area contributed by atoms with E-state index in [4.69, 9.17) is 0 Å². The van der Waals surface area contributed by atoms with E-state index in [9.17, 15) is 26.8 Å². The Morgan fingerprint density at radius 1 is 1.16 bits per heavy atom. The van der Waals surface area contributed by atoms with Crippen molar-refractivity contribution in [1.82, 2.24) is 4.47 Å². The molecule has 0 saturated heterocycles. The molecule has 0 aromatic heterocycles. The highest BCUT2D eigenvalue weighted by molar-refractivity contribution is 7.89. The molecule has 1 amide bonds. The third kappa shape index (κ3) is 3.05. The molecule has 0 spiro atoms. The van der Waals surface area contributed by atoms with Crippen LogP contribution < -0.4 is 0 Å². The lowest BCUT2D eigenvalue weighted by atomic mass is 10.3. The van der Waals surface area contributed by atoms with Gasteiger partial charge in [0.1, 0.15) is 11.6 Å². The number of hydrogen-bond donors (Lipinski definition) is 0. The number of halogens is 2. The fraction of sp³-hybridized carbons (Fsp3) is 0.200. The maximum atomic E-state index is 13.4. The second-order valence-corrected chi connectivity index (χ2v) is 5.07.